The summed E-state index contributed by atoms with van der Waals surface area (Å²) in [7, 11) is 0. The van der Waals surface area contributed by atoms with Gasteiger partial charge in [0.2, 0.25) is 5.88 Å². The largest absolute Gasteiger partial charge is 0.480 e. The van der Waals surface area contributed by atoms with Crippen LogP contribution in [0.15, 0.2) is 48.7 Å². The van der Waals surface area contributed by atoms with Crippen molar-refractivity contribution >= 4 is 11.9 Å². The normalized spacial score (nSPS) is 12.3. The van der Waals surface area contributed by atoms with Crippen LogP contribution >= 0.6 is 0 Å². The molecule has 1 heterocycles. The highest BCUT2D eigenvalue weighted by atomic mass is 16.5. The lowest BCUT2D eigenvalue weighted by atomic mass is 10.2. The summed E-state index contributed by atoms with van der Waals surface area (Å²) in [6.45, 7) is 5.29. The minimum atomic E-state index is -1.17. The summed E-state index contributed by atoms with van der Waals surface area (Å²) >= 11 is 0. The summed E-state index contributed by atoms with van der Waals surface area (Å²) in [6.07, 6.45) is 1.33. The van der Waals surface area contributed by atoms with Crippen molar-refractivity contribution in [3.63, 3.8) is 0 Å². The molecule has 1 amide bonds. The van der Waals surface area contributed by atoms with Crippen molar-refractivity contribution in [3.05, 3.63) is 54.2 Å². The molecular weight excluding hydrogens is 336 g/mol. The van der Waals surface area contributed by atoms with E-state index in [0.29, 0.717) is 11.6 Å². The zero-order valence-electron chi connectivity index (χ0n) is 14.9. The number of nitrogens with zero attached hydrogens (tertiary/aromatic N) is 1. The van der Waals surface area contributed by atoms with E-state index in [1.807, 2.05) is 39.0 Å². The van der Waals surface area contributed by atoms with Crippen LogP contribution in [-0.2, 0) is 9.53 Å². The molecule has 2 aromatic rings. The number of carbonyl (C=O) groups excluding carboxylic acids is 1. The molecule has 0 saturated heterocycles. The SMILES string of the molecule is CC(C)(C)OCC(NC(=O)c1ccc(Oc2ccccc2)nc1)C(=O)O. The molecule has 0 aliphatic heterocycles. The second kappa shape index (κ2) is 8.44. The van der Waals surface area contributed by atoms with Gasteiger partial charge in [0.25, 0.3) is 5.91 Å². The summed E-state index contributed by atoms with van der Waals surface area (Å²) in [5.74, 6) is -0.755. The Hall–Kier alpha value is -2.93. The van der Waals surface area contributed by atoms with Crippen molar-refractivity contribution in [3.8, 4) is 11.6 Å². The number of ether oxygens (including phenoxy) is 2. The molecule has 0 saturated carbocycles. The van der Waals surface area contributed by atoms with E-state index >= 15 is 0 Å². The molecule has 26 heavy (non-hydrogen) atoms. The van der Waals surface area contributed by atoms with E-state index in [9.17, 15) is 14.7 Å². The molecule has 0 aliphatic carbocycles. The van der Waals surface area contributed by atoms with Crippen molar-refractivity contribution in [2.24, 2.45) is 0 Å². The van der Waals surface area contributed by atoms with Gasteiger partial charge in [0, 0.05) is 12.3 Å². The van der Waals surface area contributed by atoms with Gasteiger partial charge in [-0.1, -0.05) is 18.2 Å². The highest BCUT2D eigenvalue weighted by molar-refractivity contribution is 5.96. The molecule has 2 rings (SSSR count). The van der Waals surface area contributed by atoms with Gasteiger partial charge in [-0.15, -0.1) is 0 Å². The fourth-order valence-corrected chi connectivity index (χ4v) is 1.93. The molecule has 138 valence electrons. The van der Waals surface area contributed by atoms with Crippen molar-refractivity contribution in [2.75, 3.05) is 6.61 Å². The Morgan fingerprint density at radius 1 is 1.15 bits per heavy atom. The Balaban J connectivity index is 1.98. The molecule has 2 N–H and O–H groups in total. The van der Waals surface area contributed by atoms with Crippen LogP contribution in [-0.4, -0.2) is 40.2 Å². The number of para-hydroxylation sites is 1. The molecule has 0 aliphatic rings. The summed E-state index contributed by atoms with van der Waals surface area (Å²) < 4.78 is 11.0. The molecular formula is C19H22N2O5. The lowest BCUT2D eigenvalue weighted by Gasteiger charge is -2.23. The maximum absolute atomic E-state index is 12.2. The first-order chi connectivity index (χ1) is 12.2. The minimum Gasteiger partial charge on any atom is -0.480 e. The average Bonchev–Trinajstić information content (AvgIpc) is 2.59. The lowest BCUT2D eigenvalue weighted by Crippen LogP contribution is -2.45. The van der Waals surface area contributed by atoms with Crippen molar-refractivity contribution in [2.45, 2.75) is 32.4 Å². The van der Waals surface area contributed by atoms with Gasteiger partial charge in [0.05, 0.1) is 17.8 Å². The van der Waals surface area contributed by atoms with Crippen molar-refractivity contribution in [1.29, 1.82) is 0 Å². The third kappa shape index (κ3) is 6.18. The van der Waals surface area contributed by atoms with E-state index in [4.69, 9.17) is 9.47 Å². The number of rotatable bonds is 7. The Morgan fingerprint density at radius 3 is 2.38 bits per heavy atom. The van der Waals surface area contributed by atoms with Gasteiger partial charge in [0.15, 0.2) is 6.04 Å². The van der Waals surface area contributed by atoms with E-state index in [-0.39, 0.29) is 12.2 Å². The van der Waals surface area contributed by atoms with Crippen molar-refractivity contribution in [1.82, 2.24) is 10.3 Å². The van der Waals surface area contributed by atoms with Crippen LogP contribution in [0.1, 0.15) is 31.1 Å². The second-order valence-electron chi connectivity index (χ2n) is 6.59. The first-order valence-electron chi connectivity index (χ1n) is 8.11. The van der Waals surface area contributed by atoms with Crippen LogP contribution in [0.2, 0.25) is 0 Å². The van der Waals surface area contributed by atoms with E-state index in [1.54, 1.807) is 18.2 Å². The molecule has 0 spiro atoms. The predicted molar refractivity (Wildman–Crippen MR) is 95.3 cm³/mol. The van der Waals surface area contributed by atoms with Gasteiger partial charge in [-0.3, -0.25) is 4.79 Å². The zero-order chi connectivity index (χ0) is 19.2. The number of aromatic nitrogens is 1. The molecule has 1 atom stereocenters. The fourth-order valence-electron chi connectivity index (χ4n) is 1.93. The Morgan fingerprint density at radius 2 is 1.85 bits per heavy atom. The van der Waals surface area contributed by atoms with Crippen LogP contribution in [0.5, 0.6) is 11.6 Å². The molecule has 1 aromatic heterocycles. The molecule has 1 aromatic carbocycles. The number of carbonyl (C=O) groups is 2. The highest BCUT2D eigenvalue weighted by Crippen LogP contribution is 2.18. The van der Waals surface area contributed by atoms with Crippen LogP contribution in [0.3, 0.4) is 0 Å². The van der Waals surface area contributed by atoms with Gasteiger partial charge < -0.3 is 19.9 Å². The average molecular weight is 358 g/mol. The van der Waals surface area contributed by atoms with Gasteiger partial charge in [-0.2, -0.15) is 0 Å². The summed E-state index contributed by atoms with van der Waals surface area (Å²) in [5, 5.41) is 11.7. The predicted octanol–water partition coefficient (Wildman–Crippen LogP) is 2.87. The van der Waals surface area contributed by atoms with Gasteiger partial charge in [0.1, 0.15) is 5.75 Å². The Bertz CT molecular complexity index is 739. The number of carboxylic acids is 1. The smallest absolute Gasteiger partial charge is 0.328 e. The third-order valence-corrected chi connectivity index (χ3v) is 3.25. The second-order valence-corrected chi connectivity index (χ2v) is 6.59. The highest BCUT2D eigenvalue weighted by Gasteiger charge is 2.23. The molecule has 0 radical (unpaired) electrons. The fraction of sp³-hybridized carbons (Fsp3) is 0.316. The third-order valence-electron chi connectivity index (χ3n) is 3.25. The van der Waals surface area contributed by atoms with E-state index in [0.717, 1.165) is 0 Å². The molecule has 0 bridgehead atoms. The number of nitrogens with one attached hydrogen (secondary N) is 1. The van der Waals surface area contributed by atoms with Crippen LogP contribution in [0.25, 0.3) is 0 Å². The van der Waals surface area contributed by atoms with Gasteiger partial charge in [-0.25, -0.2) is 9.78 Å². The van der Waals surface area contributed by atoms with Gasteiger partial charge >= 0.3 is 5.97 Å². The van der Waals surface area contributed by atoms with Crippen molar-refractivity contribution < 1.29 is 24.2 Å². The topological polar surface area (TPSA) is 97.8 Å². The van der Waals surface area contributed by atoms with E-state index in [2.05, 4.69) is 10.3 Å². The number of carboxylic acid groups (broad SMARTS) is 1. The molecule has 1 unspecified atom stereocenters. The van der Waals surface area contributed by atoms with Crippen LogP contribution in [0, 0.1) is 0 Å². The summed E-state index contributed by atoms with van der Waals surface area (Å²) in [5.41, 5.74) is -0.274. The number of pyridine rings is 1. The summed E-state index contributed by atoms with van der Waals surface area (Å²) in [4.78, 5) is 27.6. The van der Waals surface area contributed by atoms with E-state index < -0.39 is 23.5 Å². The maximum Gasteiger partial charge on any atom is 0.328 e. The minimum absolute atomic E-state index is 0.132. The maximum atomic E-state index is 12.2. The number of benzene rings is 1. The molecule has 0 fully saturated rings. The van der Waals surface area contributed by atoms with Crippen LogP contribution in [0.4, 0.5) is 0 Å². The first-order valence-corrected chi connectivity index (χ1v) is 8.11. The Kier molecular flexibility index (Phi) is 6.30. The summed E-state index contributed by atoms with van der Waals surface area (Å²) in [6, 6.07) is 11.0. The standard InChI is InChI=1S/C19H22N2O5/c1-19(2,3)25-12-15(18(23)24)21-17(22)13-9-10-16(20-11-13)26-14-7-5-4-6-8-14/h4-11,15H,12H2,1-3H3,(H,21,22)(H,23,24). The first kappa shape index (κ1) is 19.4. The number of hydrogen-bond donors (Lipinski definition) is 2. The molecule has 7 nitrogen and oxygen atoms in total. The number of amides is 1. The van der Waals surface area contributed by atoms with Crippen LogP contribution < -0.4 is 10.1 Å². The zero-order valence-corrected chi connectivity index (χ0v) is 14.9. The Labute approximate surface area is 152 Å². The van der Waals surface area contributed by atoms with Gasteiger partial charge in [-0.05, 0) is 39.0 Å². The lowest BCUT2D eigenvalue weighted by molar-refractivity contribution is -0.142. The molecule has 7 heteroatoms. The quantitative estimate of drug-likeness (QED) is 0.790. The monoisotopic (exact) mass is 358 g/mol. The number of hydrogen-bond acceptors (Lipinski definition) is 5. The van der Waals surface area contributed by atoms with E-state index in [1.165, 1.54) is 12.3 Å². The number of aliphatic carboxylic acids is 1.